The van der Waals surface area contributed by atoms with Gasteiger partial charge in [0.15, 0.2) is 10.9 Å². The lowest BCUT2D eigenvalue weighted by atomic mass is 9.95. The van der Waals surface area contributed by atoms with Crippen molar-refractivity contribution in [3.05, 3.63) is 35.4 Å². The van der Waals surface area contributed by atoms with E-state index in [0.29, 0.717) is 24.4 Å². The molecule has 286 valence electrons. The van der Waals surface area contributed by atoms with Gasteiger partial charge in [-0.25, -0.2) is 18.6 Å². The Morgan fingerprint density at radius 3 is 2.45 bits per heavy atom. The quantitative estimate of drug-likeness (QED) is 0.186. The molecule has 1 atom stereocenters. The molecule has 1 unspecified atom stereocenters. The van der Waals surface area contributed by atoms with Gasteiger partial charge in [-0.15, -0.1) is 0 Å². The van der Waals surface area contributed by atoms with Crippen LogP contribution in [0.3, 0.4) is 0 Å². The Kier molecular flexibility index (Phi) is 10.2. The van der Waals surface area contributed by atoms with Crippen LogP contribution in [-0.2, 0) is 10.9 Å². The number of ether oxygens (including phenoxy) is 2. The van der Waals surface area contributed by atoms with Crippen LogP contribution < -0.4 is 20.7 Å². The number of halogens is 5. The molecule has 3 saturated heterocycles. The highest BCUT2D eigenvalue weighted by atomic mass is 32.1. The van der Waals surface area contributed by atoms with Crippen molar-refractivity contribution in [3.63, 3.8) is 0 Å². The number of benzene rings is 2. The van der Waals surface area contributed by atoms with Crippen LogP contribution in [0.25, 0.3) is 32.2 Å². The number of hydrogen-bond acceptors (Lipinski definition) is 10. The zero-order chi connectivity index (χ0) is 37.7. The minimum absolute atomic E-state index is 0.118. The van der Waals surface area contributed by atoms with Gasteiger partial charge in [-0.1, -0.05) is 30.6 Å². The summed E-state index contributed by atoms with van der Waals surface area (Å²) in [7, 11) is 0. The van der Waals surface area contributed by atoms with Crippen LogP contribution in [0.5, 0.6) is 6.01 Å². The number of nitrogens with two attached hydrogens (primary N) is 1. The zero-order valence-corrected chi connectivity index (χ0v) is 30.9. The number of amides is 1. The summed E-state index contributed by atoms with van der Waals surface area (Å²) in [6.45, 7) is 7.87. The molecule has 2 aromatic carbocycles. The molecule has 0 radical (unpaired) electrons. The summed E-state index contributed by atoms with van der Waals surface area (Å²) in [5, 5.41) is 2.14. The van der Waals surface area contributed by atoms with Crippen LogP contribution in [0.2, 0.25) is 0 Å². The predicted molar refractivity (Wildman–Crippen MR) is 194 cm³/mol. The fourth-order valence-corrected chi connectivity index (χ4v) is 8.87. The number of alkyl halides is 3. The van der Waals surface area contributed by atoms with E-state index in [1.54, 1.807) is 20.8 Å². The SMILES string of the molecule is CC(C)(C)OC(=O)Nc1nc2c(-c3c(C(F)(F)F)cc4c(N5CCCCCCC(N)C5)nc(OCC56CCCN5CCC6)nc4c3F)ccc(F)c2s1. The highest BCUT2D eigenvalue weighted by Gasteiger charge is 2.45. The van der Waals surface area contributed by atoms with Crippen LogP contribution in [-0.4, -0.2) is 75.9 Å². The van der Waals surface area contributed by atoms with Gasteiger partial charge < -0.3 is 20.1 Å². The Bertz CT molecular complexity index is 2010. The van der Waals surface area contributed by atoms with E-state index in [1.165, 1.54) is 0 Å². The van der Waals surface area contributed by atoms with E-state index >= 15 is 22.0 Å². The second kappa shape index (κ2) is 14.4. The van der Waals surface area contributed by atoms with E-state index < -0.39 is 40.6 Å². The smallest absolute Gasteiger partial charge is 0.417 e. The number of nitrogens with zero attached hydrogens (tertiary/aromatic N) is 5. The van der Waals surface area contributed by atoms with Gasteiger partial charge in [-0.3, -0.25) is 10.2 Å². The average molecular weight is 762 g/mol. The third-order valence-electron chi connectivity index (χ3n) is 10.4. The summed E-state index contributed by atoms with van der Waals surface area (Å²) in [6, 6.07) is 2.46. The van der Waals surface area contributed by atoms with E-state index in [2.05, 4.69) is 20.2 Å². The lowest BCUT2D eigenvalue weighted by Gasteiger charge is -2.32. The molecule has 4 aromatic rings. The first-order chi connectivity index (χ1) is 25.1. The summed E-state index contributed by atoms with van der Waals surface area (Å²) in [5.41, 5.74) is 2.34. The second-order valence-electron chi connectivity index (χ2n) is 15.4. The van der Waals surface area contributed by atoms with Crippen molar-refractivity contribution in [2.24, 2.45) is 5.73 Å². The largest absolute Gasteiger partial charge is 0.461 e. The third-order valence-corrected chi connectivity index (χ3v) is 11.3. The Morgan fingerprint density at radius 2 is 1.74 bits per heavy atom. The number of nitrogens with one attached hydrogen (secondary N) is 1. The average Bonchev–Trinajstić information content (AvgIpc) is 3.80. The summed E-state index contributed by atoms with van der Waals surface area (Å²) in [6.07, 6.45) is 2.25. The van der Waals surface area contributed by atoms with Crippen molar-refractivity contribution < 1.29 is 36.2 Å². The lowest BCUT2D eigenvalue weighted by molar-refractivity contribution is -0.137. The molecule has 3 aliphatic rings. The van der Waals surface area contributed by atoms with Gasteiger partial charge in [0, 0.05) is 35.6 Å². The number of anilines is 2. The molecule has 5 heterocycles. The number of carbonyl (C=O) groups excluding carboxylic acids is 1. The van der Waals surface area contributed by atoms with Gasteiger partial charge in [0.1, 0.15) is 29.4 Å². The second-order valence-corrected chi connectivity index (χ2v) is 16.4. The van der Waals surface area contributed by atoms with E-state index in [4.69, 9.17) is 20.2 Å². The van der Waals surface area contributed by atoms with Crippen molar-refractivity contribution in [3.8, 4) is 17.1 Å². The number of fused-ring (bicyclic) bond motifs is 3. The normalized spacial score (nSPS) is 19.9. The van der Waals surface area contributed by atoms with Gasteiger partial charge in [-0.05, 0) is 90.6 Å². The number of carbonyl (C=O) groups is 1. The third kappa shape index (κ3) is 7.72. The molecular weight excluding hydrogens is 718 g/mol. The topological polar surface area (TPSA) is 119 Å². The van der Waals surface area contributed by atoms with Crippen molar-refractivity contribution in [1.82, 2.24) is 19.9 Å². The van der Waals surface area contributed by atoms with Gasteiger partial charge in [-0.2, -0.15) is 23.1 Å². The number of rotatable bonds is 6. The maximum Gasteiger partial charge on any atom is 0.417 e. The van der Waals surface area contributed by atoms with Crippen molar-refractivity contribution in [1.29, 1.82) is 0 Å². The van der Waals surface area contributed by atoms with E-state index in [0.717, 1.165) is 89.1 Å². The van der Waals surface area contributed by atoms with E-state index in [1.807, 2.05) is 4.90 Å². The van der Waals surface area contributed by atoms with Crippen LogP contribution in [0.4, 0.5) is 37.7 Å². The molecule has 1 amide bonds. The van der Waals surface area contributed by atoms with Gasteiger partial charge in [0.2, 0.25) is 0 Å². The first kappa shape index (κ1) is 37.4. The van der Waals surface area contributed by atoms with Gasteiger partial charge >= 0.3 is 18.3 Å². The minimum atomic E-state index is -5.05. The van der Waals surface area contributed by atoms with Crippen molar-refractivity contribution >= 4 is 49.5 Å². The molecule has 3 N–H and O–H groups in total. The molecule has 16 heteroatoms. The fourth-order valence-electron chi connectivity index (χ4n) is 7.99. The Labute approximate surface area is 308 Å². The summed E-state index contributed by atoms with van der Waals surface area (Å²) in [5.74, 6) is -1.96. The molecule has 0 spiro atoms. The predicted octanol–water partition coefficient (Wildman–Crippen LogP) is 8.66. The molecule has 3 aliphatic heterocycles. The maximum absolute atomic E-state index is 17.2. The van der Waals surface area contributed by atoms with Crippen molar-refractivity contribution in [2.45, 2.75) is 102 Å². The van der Waals surface area contributed by atoms with Crippen molar-refractivity contribution in [2.75, 3.05) is 43.0 Å². The first-order valence-corrected chi connectivity index (χ1v) is 19.0. The summed E-state index contributed by atoms with van der Waals surface area (Å²) in [4.78, 5) is 30.1. The zero-order valence-electron chi connectivity index (χ0n) is 30.0. The number of aromatic nitrogens is 3. The molecule has 0 aliphatic carbocycles. The Balaban J connectivity index is 1.40. The fraction of sp³-hybridized carbons (Fsp3) is 0.568. The monoisotopic (exact) mass is 761 g/mol. The molecule has 10 nitrogen and oxygen atoms in total. The van der Waals surface area contributed by atoms with E-state index in [-0.39, 0.29) is 61.8 Å². The van der Waals surface area contributed by atoms with Crippen LogP contribution in [0.15, 0.2) is 18.2 Å². The van der Waals surface area contributed by atoms with Crippen LogP contribution in [0, 0.1) is 11.6 Å². The molecule has 0 saturated carbocycles. The first-order valence-electron chi connectivity index (χ1n) is 18.2. The molecule has 53 heavy (non-hydrogen) atoms. The van der Waals surface area contributed by atoms with Gasteiger partial charge in [0.05, 0.1) is 21.3 Å². The highest BCUT2D eigenvalue weighted by Crippen LogP contribution is 2.47. The number of hydrogen-bond donors (Lipinski definition) is 2. The standard InChI is InChI=1S/C37H44F5N7O3S/c1-35(2,3)52-34(50)47-33-45-29-22(11-12-25(38)30(29)53-33)26-24(37(40,41)42)18-23-28(27(26)39)44-32(51-20-36-13-8-16-49(36)17-9-14-36)46-31(23)48-15-7-5-4-6-10-21(43)19-48/h11-12,18,21H,4-10,13-17,19-20,43H2,1-3H3,(H,45,47,50). The lowest BCUT2D eigenvalue weighted by Crippen LogP contribution is -2.43. The van der Waals surface area contributed by atoms with Crippen LogP contribution in [0.1, 0.15) is 84.1 Å². The Morgan fingerprint density at radius 1 is 1.00 bits per heavy atom. The molecular formula is C37H44F5N7O3S. The maximum atomic E-state index is 17.2. The summed E-state index contributed by atoms with van der Waals surface area (Å²) < 4.78 is 89.2. The molecule has 0 bridgehead atoms. The highest BCUT2D eigenvalue weighted by molar-refractivity contribution is 7.22. The Hall–Kier alpha value is -3.89. The minimum Gasteiger partial charge on any atom is -0.461 e. The van der Waals surface area contributed by atoms with Gasteiger partial charge in [0.25, 0.3) is 0 Å². The van der Waals surface area contributed by atoms with Crippen LogP contribution >= 0.6 is 11.3 Å². The molecule has 7 rings (SSSR count). The number of thiazole rings is 1. The molecule has 3 fully saturated rings. The summed E-state index contributed by atoms with van der Waals surface area (Å²) >= 11 is 0.695. The molecule has 2 aromatic heterocycles. The van der Waals surface area contributed by atoms with E-state index in [9.17, 15) is 4.79 Å².